The number of hydrogen-bond donors (Lipinski definition) is 1. The molecule has 0 aliphatic heterocycles. The molecule has 0 aromatic heterocycles. The molecule has 2 rings (SSSR count). The third-order valence-corrected chi connectivity index (χ3v) is 3.22. The van der Waals surface area contributed by atoms with Crippen LogP contribution in [0.15, 0.2) is 28.7 Å². The van der Waals surface area contributed by atoms with Gasteiger partial charge in [0, 0.05) is 10.0 Å². The maximum Gasteiger partial charge on any atom is 0.0440 e. The first-order valence-electron chi connectivity index (χ1n) is 4.18. The van der Waals surface area contributed by atoms with Gasteiger partial charge in [-0.3, -0.25) is 0 Å². The molecule has 2 heteroatoms. The summed E-state index contributed by atoms with van der Waals surface area (Å²) in [6.07, 6.45) is 1.11. The smallest absolute Gasteiger partial charge is 0.0440 e. The first kappa shape index (κ1) is 8.27. The topological polar surface area (TPSA) is 26.0 Å². The van der Waals surface area contributed by atoms with Gasteiger partial charge in [-0.2, -0.15) is 0 Å². The van der Waals surface area contributed by atoms with E-state index in [1.54, 1.807) is 0 Å². The highest BCUT2D eigenvalue weighted by molar-refractivity contribution is 9.10. The highest BCUT2D eigenvalue weighted by Gasteiger charge is 2.48. The van der Waals surface area contributed by atoms with Gasteiger partial charge in [0.25, 0.3) is 0 Å². The van der Waals surface area contributed by atoms with E-state index in [-0.39, 0.29) is 5.54 Å². The standard InChI is InChI=1S/C10H12BrN/c1-7-6-10(7,12)8-3-2-4-9(11)5-8/h2-5,7H,6,12H2,1H3. The van der Waals surface area contributed by atoms with E-state index >= 15 is 0 Å². The van der Waals surface area contributed by atoms with E-state index < -0.39 is 0 Å². The van der Waals surface area contributed by atoms with Crippen LogP contribution in [-0.4, -0.2) is 0 Å². The number of halogens is 1. The molecular formula is C10H12BrN. The Balaban J connectivity index is 2.36. The van der Waals surface area contributed by atoms with E-state index in [4.69, 9.17) is 5.73 Å². The number of rotatable bonds is 1. The average Bonchev–Trinajstić information content (AvgIpc) is 2.61. The minimum Gasteiger partial charge on any atom is -0.321 e. The molecule has 0 bridgehead atoms. The van der Waals surface area contributed by atoms with Crippen molar-refractivity contribution in [2.75, 3.05) is 0 Å². The van der Waals surface area contributed by atoms with Crippen molar-refractivity contribution < 1.29 is 0 Å². The predicted octanol–water partition coefficient (Wildman–Crippen LogP) is 2.64. The van der Waals surface area contributed by atoms with Crippen LogP contribution in [0.4, 0.5) is 0 Å². The lowest BCUT2D eigenvalue weighted by Crippen LogP contribution is -2.21. The van der Waals surface area contributed by atoms with E-state index in [0.29, 0.717) is 5.92 Å². The van der Waals surface area contributed by atoms with Gasteiger partial charge in [-0.15, -0.1) is 0 Å². The number of hydrogen-bond acceptors (Lipinski definition) is 1. The summed E-state index contributed by atoms with van der Waals surface area (Å²) in [6.45, 7) is 2.20. The third kappa shape index (κ3) is 1.19. The van der Waals surface area contributed by atoms with Crippen LogP contribution in [0.2, 0.25) is 0 Å². The Hall–Kier alpha value is -0.340. The molecule has 1 aliphatic carbocycles. The molecule has 64 valence electrons. The van der Waals surface area contributed by atoms with Crippen LogP contribution in [0.1, 0.15) is 18.9 Å². The van der Waals surface area contributed by atoms with Gasteiger partial charge in [-0.1, -0.05) is 35.0 Å². The van der Waals surface area contributed by atoms with Crippen molar-refractivity contribution in [2.24, 2.45) is 11.7 Å². The van der Waals surface area contributed by atoms with Gasteiger partial charge in [0.2, 0.25) is 0 Å². The van der Waals surface area contributed by atoms with Crippen molar-refractivity contribution in [3.05, 3.63) is 34.3 Å². The SMILES string of the molecule is CC1CC1(N)c1cccc(Br)c1. The third-order valence-electron chi connectivity index (χ3n) is 2.73. The second-order valence-corrected chi connectivity index (χ2v) is 4.57. The second-order valence-electron chi connectivity index (χ2n) is 3.66. The van der Waals surface area contributed by atoms with Crippen LogP contribution in [0, 0.1) is 5.92 Å². The molecule has 1 aromatic rings. The number of benzene rings is 1. The summed E-state index contributed by atoms with van der Waals surface area (Å²) in [4.78, 5) is 0. The molecule has 12 heavy (non-hydrogen) atoms. The zero-order chi connectivity index (χ0) is 8.77. The molecule has 0 amide bonds. The average molecular weight is 226 g/mol. The maximum absolute atomic E-state index is 6.16. The minimum atomic E-state index is -0.0379. The molecule has 0 spiro atoms. The van der Waals surface area contributed by atoms with Crippen LogP contribution in [0.5, 0.6) is 0 Å². The molecule has 0 radical (unpaired) electrons. The molecule has 2 N–H and O–H groups in total. The Labute approximate surface area is 81.1 Å². The molecular weight excluding hydrogens is 214 g/mol. The van der Waals surface area contributed by atoms with E-state index in [1.165, 1.54) is 5.56 Å². The van der Waals surface area contributed by atoms with Crippen molar-refractivity contribution in [1.29, 1.82) is 0 Å². The van der Waals surface area contributed by atoms with E-state index in [9.17, 15) is 0 Å². The first-order valence-corrected chi connectivity index (χ1v) is 4.97. The lowest BCUT2D eigenvalue weighted by atomic mass is 10.0. The van der Waals surface area contributed by atoms with Crippen LogP contribution in [0.3, 0.4) is 0 Å². The maximum atomic E-state index is 6.16. The molecule has 1 saturated carbocycles. The fourth-order valence-electron chi connectivity index (χ4n) is 1.63. The fourth-order valence-corrected chi connectivity index (χ4v) is 2.03. The van der Waals surface area contributed by atoms with Crippen molar-refractivity contribution >= 4 is 15.9 Å². The summed E-state index contributed by atoms with van der Waals surface area (Å²) in [5.74, 6) is 0.631. The van der Waals surface area contributed by atoms with Crippen LogP contribution in [0.25, 0.3) is 0 Å². The minimum absolute atomic E-state index is 0.0379. The van der Waals surface area contributed by atoms with E-state index in [2.05, 4.69) is 35.0 Å². The quantitative estimate of drug-likeness (QED) is 0.782. The van der Waals surface area contributed by atoms with Crippen molar-refractivity contribution in [3.63, 3.8) is 0 Å². The largest absolute Gasteiger partial charge is 0.321 e. The van der Waals surface area contributed by atoms with Crippen molar-refractivity contribution in [2.45, 2.75) is 18.9 Å². The van der Waals surface area contributed by atoms with Crippen molar-refractivity contribution in [1.82, 2.24) is 0 Å². The molecule has 1 aromatic carbocycles. The van der Waals surface area contributed by atoms with Crippen molar-refractivity contribution in [3.8, 4) is 0 Å². The van der Waals surface area contributed by atoms with Gasteiger partial charge in [0.1, 0.15) is 0 Å². The van der Waals surface area contributed by atoms with Crippen LogP contribution in [-0.2, 0) is 5.54 Å². The van der Waals surface area contributed by atoms with Gasteiger partial charge >= 0.3 is 0 Å². The normalized spacial score (nSPS) is 33.4. The highest BCUT2D eigenvalue weighted by Crippen LogP contribution is 2.49. The van der Waals surface area contributed by atoms with E-state index in [0.717, 1.165) is 10.9 Å². The summed E-state index contributed by atoms with van der Waals surface area (Å²) in [5.41, 5.74) is 7.38. The summed E-state index contributed by atoms with van der Waals surface area (Å²) in [5, 5.41) is 0. The highest BCUT2D eigenvalue weighted by atomic mass is 79.9. The molecule has 2 atom stereocenters. The molecule has 1 nitrogen and oxygen atoms in total. The summed E-state index contributed by atoms with van der Waals surface area (Å²) < 4.78 is 1.11. The zero-order valence-electron chi connectivity index (χ0n) is 7.05. The van der Waals surface area contributed by atoms with Gasteiger partial charge in [-0.05, 0) is 30.0 Å². The first-order chi connectivity index (χ1) is 5.63. The summed E-state index contributed by atoms with van der Waals surface area (Å²) in [7, 11) is 0. The van der Waals surface area contributed by atoms with E-state index in [1.807, 2.05) is 12.1 Å². The van der Waals surface area contributed by atoms with Crippen LogP contribution < -0.4 is 5.73 Å². The molecule has 0 heterocycles. The number of nitrogens with two attached hydrogens (primary N) is 1. The lowest BCUT2D eigenvalue weighted by Gasteiger charge is -2.10. The predicted molar refractivity (Wildman–Crippen MR) is 53.8 cm³/mol. The van der Waals surface area contributed by atoms with Gasteiger partial charge in [0.15, 0.2) is 0 Å². The Morgan fingerprint density at radius 2 is 2.25 bits per heavy atom. The Bertz CT molecular complexity index is 310. The lowest BCUT2D eigenvalue weighted by molar-refractivity contribution is 0.664. The second kappa shape index (κ2) is 2.57. The Morgan fingerprint density at radius 1 is 1.58 bits per heavy atom. The summed E-state index contributed by atoms with van der Waals surface area (Å²) in [6, 6.07) is 8.29. The van der Waals surface area contributed by atoms with Gasteiger partial charge in [0.05, 0.1) is 0 Å². The fraction of sp³-hybridized carbons (Fsp3) is 0.400. The molecule has 1 fully saturated rings. The zero-order valence-corrected chi connectivity index (χ0v) is 8.64. The molecule has 2 unspecified atom stereocenters. The van der Waals surface area contributed by atoms with Gasteiger partial charge in [-0.25, -0.2) is 0 Å². The molecule has 1 aliphatic rings. The summed E-state index contributed by atoms with van der Waals surface area (Å²) >= 11 is 3.45. The Kier molecular flexibility index (Phi) is 1.77. The van der Waals surface area contributed by atoms with Gasteiger partial charge < -0.3 is 5.73 Å². The molecule has 0 saturated heterocycles. The monoisotopic (exact) mass is 225 g/mol. The Morgan fingerprint density at radius 3 is 2.75 bits per heavy atom. The van der Waals surface area contributed by atoms with Crippen LogP contribution >= 0.6 is 15.9 Å².